The fourth-order valence-electron chi connectivity index (χ4n) is 2.16. The number of ether oxygens (including phenoxy) is 1. The average Bonchev–Trinajstić information content (AvgIpc) is 2.43. The summed E-state index contributed by atoms with van der Waals surface area (Å²) in [6, 6.07) is 6.15. The van der Waals surface area contributed by atoms with E-state index in [0.29, 0.717) is 6.54 Å². The van der Waals surface area contributed by atoms with Gasteiger partial charge in [0.2, 0.25) is 0 Å². The highest BCUT2D eigenvalue weighted by atomic mass is 32.2. The van der Waals surface area contributed by atoms with Crippen molar-refractivity contribution in [1.29, 1.82) is 0 Å². The number of hydrogen-bond acceptors (Lipinski definition) is 5. The summed E-state index contributed by atoms with van der Waals surface area (Å²) < 4.78 is 5.63. The van der Waals surface area contributed by atoms with Crippen LogP contribution in [-0.4, -0.2) is 53.6 Å². The molecule has 0 aliphatic carbocycles. The van der Waals surface area contributed by atoms with Gasteiger partial charge in [-0.3, -0.25) is 0 Å². The van der Waals surface area contributed by atoms with Crippen molar-refractivity contribution in [3.63, 3.8) is 0 Å². The van der Waals surface area contributed by atoms with Crippen molar-refractivity contribution in [2.45, 2.75) is 38.2 Å². The first kappa shape index (κ1) is 18.3. The van der Waals surface area contributed by atoms with Crippen molar-refractivity contribution in [3.05, 3.63) is 29.3 Å². The first-order valence-electron chi connectivity index (χ1n) is 7.22. The molecule has 0 heterocycles. The monoisotopic (exact) mass is 313 g/mol. The van der Waals surface area contributed by atoms with Crippen LogP contribution in [0.1, 0.15) is 18.1 Å². The van der Waals surface area contributed by atoms with E-state index < -0.39 is 6.10 Å². The molecule has 3 atom stereocenters. The van der Waals surface area contributed by atoms with Gasteiger partial charge in [0.1, 0.15) is 18.5 Å². The van der Waals surface area contributed by atoms with E-state index in [1.54, 1.807) is 11.8 Å². The molecule has 0 amide bonds. The molecule has 0 spiro atoms. The molecule has 1 aromatic carbocycles. The predicted molar refractivity (Wildman–Crippen MR) is 89.3 cm³/mol. The minimum absolute atomic E-state index is 0.129. The Balaban J connectivity index is 2.35. The minimum atomic E-state index is -0.575. The lowest BCUT2D eigenvalue weighted by Gasteiger charge is -2.23. The van der Waals surface area contributed by atoms with Gasteiger partial charge in [0.05, 0.1) is 6.61 Å². The van der Waals surface area contributed by atoms with Crippen molar-refractivity contribution in [1.82, 2.24) is 5.32 Å². The molecule has 3 unspecified atom stereocenters. The molecule has 5 heteroatoms. The number of aryl methyl sites for hydroxylation is 2. The molecule has 120 valence electrons. The Morgan fingerprint density at radius 2 is 1.86 bits per heavy atom. The Bertz CT molecular complexity index is 404. The molecule has 0 bridgehead atoms. The fraction of sp³-hybridized carbons (Fsp3) is 0.625. The van der Waals surface area contributed by atoms with Gasteiger partial charge >= 0.3 is 0 Å². The second kappa shape index (κ2) is 9.30. The number of hydrogen-bond donors (Lipinski definition) is 3. The van der Waals surface area contributed by atoms with E-state index in [0.717, 1.165) is 16.9 Å². The summed E-state index contributed by atoms with van der Waals surface area (Å²) >= 11 is 1.62. The van der Waals surface area contributed by atoms with Crippen molar-refractivity contribution < 1.29 is 14.9 Å². The molecular weight excluding hydrogens is 286 g/mol. The van der Waals surface area contributed by atoms with E-state index in [9.17, 15) is 10.2 Å². The van der Waals surface area contributed by atoms with E-state index in [1.165, 1.54) is 0 Å². The summed E-state index contributed by atoms with van der Waals surface area (Å²) in [4.78, 5) is 0. The normalized spacial score (nSPS) is 15.5. The molecule has 0 aromatic heterocycles. The predicted octanol–water partition coefficient (Wildman–Crippen LogP) is 1.75. The Hall–Kier alpha value is -0.750. The number of benzene rings is 1. The van der Waals surface area contributed by atoms with Gasteiger partial charge in [-0.2, -0.15) is 11.8 Å². The fourth-order valence-corrected chi connectivity index (χ4v) is 2.81. The number of rotatable bonds is 9. The summed E-state index contributed by atoms with van der Waals surface area (Å²) in [7, 11) is 0. The van der Waals surface area contributed by atoms with Gasteiger partial charge in [-0.1, -0.05) is 6.07 Å². The number of aliphatic hydroxyl groups excluding tert-OH is 2. The zero-order chi connectivity index (χ0) is 15.8. The smallest absolute Gasteiger partial charge is 0.119 e. The maximum Gasteiger partial charge on any atom is 0.119 e. The van der Waals surface area contributed by atoms with Gasteiger partial charge in [0.25, 0.3) is 0 Å². The molecule has 0 radical (unpaired) electrons. The van der Waals surface area contributed by atoms with E-state index in [2.05, 4.69) is 11.4 Å². The van der Waals surface area contributed by atoms with Crippen molar-refractivity contribution in [3.8, 4) is 5.75 Å². The largest absolute Gasteiger partial charge is 0.491 e. The maximum atomic E-state index is 9.97. The molecular formula is C16H27NO3S. The lowest BCUT2D eigenvalue weighted by Crippen LogP contribution is -2.42. The van der Waals surface area contributed by atoms with Crippen LogP contribution in [0.15, 0.2) is 18.2 Å². The standard InChI is InChI=1S/C16H27NO3S/c1-11-5-12(2)7-15(6-11)20-10-14(19)8-17-13(3)16(9-18)21-4/h5-7,13-14,16-19H,8-10H2,1-4H3. The molecule has 0 saturated carbocycles. The van der Waals surface area contributed by atoms with Crippen LogP contribution in [0, 0.1) is 13.8 Å². The summed E-state index contributed by atoms with van der Waals surface area (Å²) in [5.41, 5.74) is 2.30. The highest BCUT2D eigenvalue weighted by Crippen LogP contribution is 2.16. The molecule has 0 saturated heterocycles. The summed E-state index contributed by atoms with van der Waals surface area (Å²) in [6.07, 6.45) is 1.40. The number of thioether (sulfide) groups is 1. The topological polar surface area (TPSA) is 61.7 Å². The average molecular weight is 313 g/mol. The van der Waals surface area contributed by atoms with Crippen LogP contribution >= 0.6 is 11.8 Å². The van der Waals surface area contributed by atoms with E-state index in [-0.39, 0.29) is 24.5 Å². The summed E-state index contributed by atoms with van der Waals surface area (Å²) in [5.74, 6) is 0.789. The zero-order valence-electron chi connectivity index (χ0n) is 13.3. The molecule has 21 heavy (non-hydrogen) atoms. The van der Waals surface area contributed by atoms with Crippen LogP contribution in [0.4, 0.5) is 0 Å². The van der Waals surface area contributed by atoms with E-state index in [4.69, 9.17) is 4.74 Å². The Morgan fingerprint density at radius 3 is 2.38 bits per heavy atom. The van der Waals surface area contributed by atoms with Crippen molar-refractivity contribution in [2.24, 2.45) is 0 Å². The van der Waals surface area contributed by atoms with Gasteiger partial charge < -0.3 is 20.3 Å². The molecule has 1 aromatic rings. The Kier molecular flexibility index (Phi) is 8.11. The lowest BCUT2D eigenvalue weighted by molar-refractivity contribution is 0.103. The zero-order valence-corrected chi connectivity index (χ0v) is 14.1. The third kappa shape index (κ3) is 6.70. The lowest BCUT2D eigenvalue weighted by atomic mass is 10.1. The van der Waals surface area contributed by atoms with Crippen molar-refractivity contribution in [2.75, 3.05) is 26.0 Å². The first-order chi connectivity index (χ1) is 9.96. The number of nitrogens with one attached hydrogen (secondary N) is 1. The quantitative estimate of drug-likeness (QED) is 0.648. The molecule has 0 aliphatic heterocycles. The molecule has 0 fully saturated rings. The Labute approximate surface area is 131 Å². The molecule has 1 rings (SSSR count). The minimum Gasteiger partial charge on any atom is -0.491 e. The third-order valence-electron chi connectivity index (χ3n) is 3.35. The van der Waals surface area contributed by atoms with Crippen LogP contribution in [-0.2, 0) is 0 Å². The third-order valence-corrected chi connectivity index (χ3v) is 4.52. The Morgan fingerprint density at radius 1 is 1.24 bits per heavy atom. The van der Waals surface area contributed by atoms with Crippen LogP contribution in [0.3, 0.4) is 0 Å². The molecule has 4 nitrogen and oxygen atoms in total. The van der Waals surface area contributed by atoms with Gasteiger partial charge in [0.15, 0.2) is 0 Å². The first-order valence-corrected chi connectivity index (χ1v) is 8.51. The van der Waals surface area contributed by atoms with Gasteiger partial charge in [-0.25, -0.2) is 0 Å². The highest BCUT2D eigenvalue weighted by Gasteiger charge is 2.16. The van der Waals surface area contributed by atoms with Crippen LogP contribution in [0.2, 0.25) is 0 Å². The SMILES string of the molecule is CSC(CO)C(C)NCC(O)COc1cc(C)cc(C)c1. The van der Waals surface area contributed by atoms with Gasteiger partial charge in [0, 0.05) is 17.8 Å². The van der Waals surface area contributed by atoms with Crippen LogP contribution in [0.5, 0.6) is 5.75 Å². The van der Waals surface area contributed by atoms with Crippen molar-refractivity contribution >= 4 is 11.8 Å². The van der Waals surface area contributed by atoms with Gasteiger partial charge in [-0.05, 0) is 50.3 Å². The highest BCUT2D eigenvalue weighted by molar-refractivity contribution is 7.99. The van der Waals surface area contributed by atoms with Crippen LogP contribution < -0.4 is 10.1 Å². The summed E-state index contributed by atoms with van der Waals surface area (Å²) in [6.45, 7) is 6.89. The van der Waals surface area contributed by atoms with Crippen LogP contribution in [0.25, 0.3) is 0 Å². The second-order valence-electron chi connectivity index (χ2n) is 5.44. The van der Waals surface area contributed by atoms with Gasteiger partial charge in [-0.15, -0.1) is 0 Å². The molecule has 3 N–H and O–H groups in total. The maximum absolute atomic E-state index is 9.97. The second-order valence-corrected chi connectivity index (χ2v) is 6.52. The van der Waals surface area contributed by atoms with E-state index in [1.807, 2.05) is 39.2 Å². The summed E-state index contributed by atoms with van der Waals surface area (Å²) in [5, 5.41) is 22.6. The van der Waals surface area contributed by atoms with E-state index >= 15 is 0 Å². The number of aliphatic hydroxyl groups is 2. The molecule has 0 aliphatic rings.